The second-order valence-electron chi connectivity index (χ2n) is 4.33. The number of thiophene rings is 1. The van der Waals surface area contributed by atoms with Gasteiger partial charge in [0.25, 0.3) is 0 Å². The van der Waals surface area contributed by atoms with Gasteiger partial charge in [0.1, 0.15) is 12.2 Å². The summed E-state index contributed by atoms with van der Waals surface area (Å²) in [4.78, 5) is 5.63. The molecule has 0 aliphatic heterocycles. The summed E-state index contributed by atoms with van der Waals surface area (Å²) >= 11 is 1.77. The summed E-state index contributed by atoms with van der Waals surface area (Å²) in [5.41, 5.74) is 0. The van der Waals surface area contributed by atoms with Crippen molar-refractivity contribution in [1.29, 1.82) is 0 Å². The summed E-state index contributed by atoms with van der Waals surface area (Å²) in [6, 6.07) is 4.93. The molecule has 4 nitrogen and oxygen atoms in total. The fourth-order valence-electron chi connectivity index (χ4n) is 1.71. The summed E-state index contributed by atoms with van der Waals surface area (Å²) in [5, 5.41) is 9.80. The molecular weight excluding hydrogens is 232 g/mol. The lowest BCUT2D eigenvalue weighted by molar-refractivity contribution is 0.475. The molecule has 0 aliphatic carbocycles. The number of hydrogen-bond donors (Lipinski definition) is 1. The summed E-state index contributed by atoms with van der Waals surface area (Å²) in [5.74, 6) is 0.989. The lowest BCUT2D eigenvalue weighted by atomic mass is 10.3. The molecule has 2 aromatic heterocycles. The van der Waals surface area contributed by atoms with Crippen molar-refractivity contribution < 1.29 is 0 Å². The highest BCUT2D eigenvalue weighted by molar-refractivity contribution is 7.10. The van der Waals surface area contributed by atoms with E-state index in [0.717, 1.165) is 12.4 Å². The Morgan fingerprint density at radius 1 is 1.41 bits per heavy atom. The molecule has 1 atom stereocenters. The molecule has 1 N–H and O–H groups in total. The highest BCUT2D eigenvalue weighted by Crippen LogP contribution is 2.18. The molecule has 2 rings (SSSR count). The quantitative estimate of drug-likeness (QED) is 0.887. The standard InChI is InChI=1S/C12H18N4S/c1-9(2)16-12(14-8-15-16)7-13-10(3)11-5-4-6-17-11/h4-6,8-10,13H,7H2,1-3H3/t10-/m1/s1. The zero-order chi connectivity index (χ0) is 12.3. The monoisotopic (exact) mass is 250 g/mol. The molecule has 0 saturated heterocycles. The molecule has 0 aromatic carbocycles. The maximum absolute atomic E-state index is 4.28. The molecule has 5 heteroatoms. The third-order valence-electron chi connectivity index (χ3n) is 2.67. The van der Waals surface area contributed by atoms with Crippen molar-refractivity contribution in [3.63, 3.8) is 0 Å². The van der Waals surface area contributed by atoms with E-state index in [0.29, 0.717) is 12.1 Å². The predicted molar refractivity (Wildman–Crippen MR) is 70.0 cm³/mol. The normalized spacial score (nSPS) is 13.2. The van der Waals surface area contributed by atoms with Crippen LogP contribution in [-0.2, 0) is 6.54 Å². The van der Waals surface area contributed by atoms with Gasteiger partial charge in [-0.15, -0.1) is 11.3 Å². The zero-order valence-electron chi connectivity index (χ0n) is 10.4. The molecule has 0 saturated carbocycles. The molecule has 2 heterocycles. The van der Waals surface area contributed by atoms with Crippen LogP contribution in [0, 0.1) is 0 Å². The van der Waals surface area contributed by atoms with Gasteiger partial charge >= 0.3 is 0 Å². The first-order valence-electron chi connectivity index (χ1n) is 5.83. The van der Waals surface area contributed by atoms with Crippen molar-refractivity contribution in [1.82, 2.24) is 20.1 Å². The van der Waals surface area contributed by atoms with Crippen LogP contribution in [-0.4, -0.2) is 14.8 Å². The maximum Gasteiger partial charge on any atom is 0.141 e. The van der Waals surface area contributed by atoms with Gasteiger partial charge in [-0.25, -0.2) is 9.67 Å². The Kier molecular flexibility index (Phi) is 3.91. The van der Waals surface area contributed by atoms with E-state index in [2.05, 4.69) is 53.7 Å². The number of nitrogens with one attached hydrogen (secondary N) is 1. The second kappa shape index (κ2) is 5.42. The minimum atomic E-state index is 0.353. The molecule has 0 amide bonds. The Morgan fingerprint density at radius 2 is 2.24 bits per heavy atom. The first-order chi connectivity index (χ1) is 8.18. The van der Waals surface area contributed by atoms with Gasteiger partial charge in [-0.3, -0.25) is 0 Å². The first-order valence-corrected chi connectivity index (χ1v) is 6.71. The predicted octanol–water partition coefficient (Wildman–Crippen LogP) is 2.77. The number of rotatable bonds is 5. The lowest BCUT2D eigenvalue weighted by Crippen LogP contribution is -2.21. The molecule has 0 aliphatic rings. The largest absolute Gasteiger partial charge is 0.302 e. The van der Waals surface area contributed by atoms with Crippen molar-refractivity contribution in [2.75, 3.05) is 0 Å². The van der Waals surface area contributed by atoms with Crippen molar-refractivity contribution in [3.05, 3.63) is 34.5 Å². The molecule has 0 unspecified atom stereocenters. The van der Waals surface area contributed by atoms with E-state index in [1.165, 1.54) is 4.88 Å². The first kappa shape index (κ1) is 12.3. The molecule has 0 radical (unpaired) electrons. The minimum Gasteiger partial charge on any atom is -0.302 e. The molecule has 0 fully saturated rings. The van der Waals surface area contributed by atoms with Gasteiger partial charge in [0.05, 0.1) is 6.54 Å². The molecule has 92 valence electrons. The summed E-state index contributed by atoms with van der Waals surface area (Å²) in [7, 11) is 0. The van der Waals surface area contributed by atoms with Crippen LogP contribution in [0.4, 0.5) is 0 Å². The average molecular weight is 250 g/mol. The van der Waals surface area contributed by atoms with Gasteiger partial charge in [-0.2, -0.15) is 5.10 Å². The van der Waals surface area contributed by atoms with Crippen molar-refractivity contribution in [2.24, 2.45) is 0 Å². The molecule has 0 bridgehead atoms. The maximum atomic E-state index is 4.28. The SMILES string of the molecule is CC(C)n1ncnc1CN[C@H](C)c1cccs1. The van der Waals surface area contributed by atoms with E-state index >= 15 is 0 Å². The lowest BCUT2D eigenvalue weighted by Gasteiger charge is -2.13. The molecule has 0 spiro atoms. The molecular formula is C12H18N4S. The van der Waals surface area contributed by atoms with E-state index in [1.807, 2.05) is 4.68 Å². The van der Waals surface area contributed by atoms with Crippen LogP contribution >= 0.6 is 11.3 Å². The van der Waals surface area contributed by atoms with Gasteiger partial charge in [-0.1, -0.05) is 6.07 Å². The van der Waals surface area contributed by atoms with Gasteiger partial charge in [0.15, 0.2) is 0 Å². The van der Waals surface area contributed by atoms with E-state index in [1.54, 1.807) is 17.7 Å². The highest BCUT2D eigenvalue weighted by atomic mass is 32.1. The van der Waals surface area contributed by atoms with Crippen LogP contribution in [0.5, 0.6) is 0 Å². The van der Waals surface area contributed by atoms with Gasteiger partial charge in [-0.05, 0) is 32.2 Å². The summed E-state index contributed by atoms with van der Waals surface area (Å²) < 4.78 is 1.95. The van der Waals surface area contributed by atoms with Crippen molar-refractivity contribution >= 4 is 11.3 Å². The highest BCUT2D eigenvalue weighted by Gasteiger charge is 2.10. The average Bonchev–Trinajstić information content (AvgIpc) is 2.96. The number of nitrogens with zero attached hydrogens (tertiary/aromatic N) is 3. The number of hydrogen-bond acceptors (Lipinski definition) is 4. The Labute approximate surface area is 106 Å². The number of aromatic nitrogens is 3. The summed E-state index contributed by atoms with van der Waals surface area (Å²) in [6.07, 6.45) is 1.62. The Morgan fingerprint density at radius 3 is 2.88 bits per heavy atom. The Balaban J connectivity index is 1.96. The smallest absolute Gasteiger partial charge is 0.141 e. The molecule has 17 heavy (non-hydrogen) atoms. The van der Waals surface area contributed by atoms with Crippen LogP contribution in [0.15, 0.2) is 23.8 Å². The Bertz CT molecular complexity index is 447. The van der Waals surface area contributed by atoms with Crippen LogP contribution < -0.4 is 5.32 Å². The Hall–Kier alpha value is -1.20. The van der Waals surface area contributed by atoms with Gasteiger partial charge in [0.2, 0.25) is 0 Å². The van der Waals surface area contributed by atoms with Crippen LogP contribution in [0.3, 0.4) is 0 Å². The fourth-order valence-corrected chi connectivity index (χ4v) is 2.47. The topological polar surface area (TPSA) is 42.7 Å². The zero-order valence-corrected chi connectivity index (χ0v) is 11.2. The van der Waals surface area contributed by atoms with E-state index in [-0.39, 0.29) is 0 Å². The van der Waals surface area contributed by atoms with E-state index in [4.69, 9.17) is 0 Å². The van der Waals surface area contributed by atoms with Crippen LogP contribution in [0.2, 0.25) is 0 Å². The van der Waals surface area contributed by atoms with Crippen molar-refractivity contribution in [3.8, 4) is 0 Å². The van der Waals surface area contributed by atoms with E-state index in [9.17, 15) is 0 Å². The van der Waals surface area contributed by atoms with E-state index < -0.39 is 0 Å². The van der Waals surface area contributed by atoms with Crippen LogP contribution in [0.1, 0.15) is 43.6 Å². The minimum absolute atomic E-state index is 0.353. The van der Waals surface area contributed by atoms with Gasteiger partial charge in [0, 0.05) is 17.0 Å². The third kappa shape index (κ3) is 2.92. The summed E-state index contributed by atoms with van der Waals surface area (Å²) in [6.45, 7) is 7.14. The van der Waals surface area contributed by atoms with Gasteiger partial charge < -0.3 is 5.32 Å². The fraction of sp³-hybridized carbons (Fsp3) is 0.500. The third-order valence-corrected chi connectivity index (χ3v) is 3.73. The van der Waals surface area contributed by atoms with Crippen LogP contribution in [0.25, 0.3) is 0 Å². The van der Waals surface area contributed by atoms with Crippen molar-refractivity contribution in [2.45, 2.75) is 39.4 Å². The molecule has 2 aromatic rings. The second-order valence-corrected chi connectivity index (χ2v) is 5.31.